The van der Waals surface area contributed by atoms with Gasteiger partial charge in [0.05, 0.1) is 12.7 Å². The molecule has 2 aromatic carbocycles. The number of benzene rings is 2. The molecule has 0 fully saturated rings. The summed E-state index contributed by atoms with van der Waals surface area (Å²) >= 11 is 0. The number of carbonyl (C=O) groups is 1. The molecule has 0 aromatic heterocycles. The summed E-state index contributed by atoms with van der Waals surface area (Å²) in [5, 5.41) is 2.79. The normalized spacial score (nSPS) is 10.2. The number of ether oxygens (including phenoxy) is 1. The lowest BCUT2D eigenvalue weighted by atomic mass is 10.1. The number of nitrogen functional groups attached to an aromatic ring is 1. The maximum atomic E-state index is 12.8. The van der Waals surface area contributed by atoms with Gasteiger partial charge in [-0.25, -0.2) is 4.39 Å². The van der Waals surface area contributed by atoms with Crippen LogP contribution in [0.1, 0.15) is 15.9 Å². The van der Waals surface area contributed by atoms with Crippen molar-refractivity contribution in [3.05, 3.63) is 59.4 Å². The summed E-state index contributed by atoms with van der Waals surface area (Å²) in [5.74, 6) is 0.0985. The molecule has 0 aliphatic heterocycles. The largest absolute Gasteiger partial charge is 0.497 e. The zero-order valence-electron chi connectivity index (χ0n) is 11.7. The predicted octanol–water partition coefficient (Wildman–Crippen LogP) is 2.39. The zero-order valence-corrected chi connectivity index (χ0v) is 11.7. The first-order valence-electron chi connectivity index (χ1n) is 6.56. The molecular weight excluding hydrogens is 271 g/mol. The summed E-state index contributed by atoms with van der Waals surface area (Å²) in [4.78, 5) is 12.0. The number of methoxy groups -OCH3 is 1. The van der Waals surface area contributed by atoms with Crippen molar-refractivity contribution in [1.29, 1.82) is 0 Å². The van der Waals surface area contributed by atoms with E-state index in [0.717, 1.165) is 5.56 Å². The second-order valence-corrected chi connectivity index (χ2v) is 4.59. The Morgan fingerprint density at radius 2 is 1.95 bits per heavy atom. The smallest absolute Gasteiger partial charge is 0.253 e. The third-order valence-electron chi connectivity index (χ3n) is 3.12. The van der Waals surface area contributed by atoms with E-state index in [4.69, 9.17) is 10.5 Å². The molecular formula is C16H17FN2O2. The number of nitrogens with one attached hydrogen (secondary N) is 1. The van der Waals surface area contributed by atoms with E-state index in [2.05, 4.69) is 5.32 Å². The van der Waals surface area contributed by atoms with E-state index >= 15 is 0 Å². The van der Waals surface area contributed by atoms with Gasteiger partial charge in [0.1, 0.15) is 11.6 Å². The minimum Gasteiger partial charge on any atom is -0.497 e. The average Bonchev–Trinajstić information content (AvgIpc) is 2.49. The third-order valence-corrected chi connectivity index (χ3v) is 3.12. The van der Waals surface area contributed by atoms with Crippen LogP contribution in [-0.2, 0) is 6.42 Å². The third kappa shape index (κ3) is 3.95. The number of hydrogen-bond acceptors (Lipinski definition) is 3. The van der Waals surface area contributed by atoms with Crippen LogP contribution < -0.4 is 15.8 Å². The molecule has 0 heterocycles. The number of anilines is 1. The number of nitrogens with two attached hydrogens (primary N) is 1. The summed E-state index contributed by atoms with van der Waals surface area (Å²) in [6, 6.07) is 11.1. The van der Waals surface area contributed by atoms with Crippen molar-refractivity contribution < 1.29 is 13.9 Å². The van der Waals surface area contributed by atoms with Crippen LogP contribution in [-0.4, -0.2) is 19.6 Å². The molecule has 0 aliphatic carbocycles. The first-order valence-corrected chi connectivity index (χ1v) is 6.56. The SMILES string of the molecule is COc1ccc(C(=O)NCCc2ccc(F)cc2)c(N)c1. The van der Waals surface area contributed by atoms with Crippen molar-refractivity contribution in [2.24, 2.45) is 0 Å². The van der Waals surface area contributed by atoms with Crippen LogP contribution in [0.25, 0.3) is 0 Å². The molecule has 0 aliphatic rings. The molecule has 0 unspecified atom stereocenters. The van der Waals surface area contributed by atoms with Gasteiger partial charge in [0.2, 0.25) is 0 Å². The number of halogens is 1. The van der Waals surface area contributed by atoms with E-state index in [0.29, 0.717) is 30.0 Å². The van der Waals surface area contributed by atoms with Gasteiger partial charge in [-0.05, 0) is 36.2 Å². The van der Waals surface area contributed by atoms with Crippen LogP contribution in [0, 0.1) is 5.82 Å². The average molecular weight is 288 g/mol. The number of carbonyl (C=O) groups excluding carboxylic acids is 1. The van der Waals surface area contributed by atoms with Crippen molar-refractivity contribution in [3.8, 4) is 5.75 Å². The van der Waals surface area contributed by atoms with Gasteiger partial charge in [-0.2, -0.15) is 0 Å². The fourth-order valence-electron chi connectivity index (χ4n) is 1.94. The van der Waals surface area contributed by atoms with Crippen molar-refractivity contribution in [2.45, 2.75) is 6.42 Å². The first-order chi connectivity index (χ1) is 10.1. The van der Waals surface area contributed by atoms with E-state index in [1.165, 1.54) is 19.2 Å². The van der Waals surface area contributed by atoms with Crippen molar-refractivity contribution in [2.75, 3.05) is 19.4 Å². The van der Waals surface area contributed by atoms with Gasteiger partial charge in [0, 0.05) is 18.3 Å². The number of rotatable bonds is 5. The fraction of sp³-hybridized carbons (Fsp3) is 0.188. The Labute approximate surface area is 122 Å². The van der Waals surface area contributed by atoms with Crippen molar-refractivity contribution in [1.82, 2.24) is 5.32 Å². The van der Waals surface area contributed by atoms with Gasteiger partial charge in [-0.3, -0.25) is 4.79 Å². The summed E-state index contributed by atoms with van der Waals surface area (Å²) in [5.41, 5.74) is 7.55. The van der Waals surface area contributed by atoms with Gasteiger partial charge < -0.3 is 15.8 Å². The van der Waals surface area contributed by atoms with Gasteiger partial charge in [-0.1, -0.05) is 12.1 Å². The van der Waals surface area contributed by atoms with E-state index in [-0.39, 0.29) is 11.7 Å². The monoisotopic (exact) mass is 288 g/mol. The molecule has 0 saturated heterocycles. The Morgan fingerprint density at radius 3 is 2.57 bits per heavy atom. The number of hydrogen-bond donors (Lipinski definition) is 2. The number of amides is 1. The second-order valence-electron chi connectivity index (χ2n) is 4.59. The lowest BCUT2D eigenvalue weighted by molar-refractivity contribution is 0.0955. The minimum absolute atomic E-state index is 0.239. The maximum absolute atomic E-state index is 12.8. The highest BCUT2D eigenvalue weighted by atomic mass is 19.1. The summed E-state index contributed by atoms with van der Waals surface area (Å²) < 4.78 is 17.8. The first kappa shape index (κ1) is 14.8. The molecule has 0 spiro atoms. The predicted molar refractivity (Wildman–Crippen MR) is 79.8 cm³/mol. The lowest BCUT2D eigenvalue weighted by Crippen LogP contribution is -2.26. The van der Waals surface area contributed by atoms with E-state index in [1.54, 1.807) is 30.3 Å². The van der Waals surface area contributed by atoms with E-state index in [1.807, 2.05) is 0 Å². The van der Waals surface area contributed by atoms with Crippen molar-refractivity contribution >= 4 is 11.6 Å². The van der Waals surface area contributed by atoms with Crippen LogP contribution in [0.2, 0.25) is 0 Å². The second kappa shape index (κ2) is 6.74. The Balaban J connectivity index is 1.91. The standard InChI is InChI=1S/C16H17FN2O2/c1-21-13-6-7-14(15(18)10-13)16(20)19-9-8-11-2-4-12(17)5-3-11/h2-7,10H,8-9,18H2,1H3,(H,19,20). The highest BCUT2D eigenvalue weighted by Gasteiger charge is 2.09. The van der Waals surface area contributed by atoms with Gasteiger partial charge in [-0.15, -0.1) is 0 Å². The summed E-state index contributed by atoms with van der Waals surface area (Å²) in [6.07, 6.45) is 0.627. The van der Waals surface area contributed by atoms with Gasteiger partial charge in [0.25, 0.3) is 5.91 Å². The van der Waals surface area contributed by atoms with Crippen LogP contribution in [0.5, 0.6) is 5.75 Å². The molecule has 3 N–H and O–H groups in total. The highest BCUT2D eigenvalue weighted by molar-refractivity contribution is 5.99. The van der Waals surface area contributed by atoms with Crippen molar-refractivity contribution in [3.63, 3.8) is 0 Å². The van der Waals surface area contributed by atoms with E-state index in [9.17, 15) is 9.18 Å². The minimum atomic E-state index is -0.270. The molecule has 2 aromatic rings. The molecule has 0 atom stereocenters. The van der Waals surface area contributed by atoms with E-state index < -0.39 is 0 Å². The fourth-order valence-corrected chi connectivity index (χ4v) is 1.94. The zero-order chi connectivity index (χ0) is 15.2. The molecule has 5 heteroatoms. The molecule has 110 valence electrons. The van der Waals surface area contributed by atoms with Crippen LogP contribution >= 0.6 is 0 Å². The van der Waals surface area contributed by atoms with Gasteiger partial charge in [0.15, 0.2) is 0 Å². The maximum Gasteiger partial charge on any atom is 0.253 e. The Hall–Kier alpha value is -2.56. The Bertz CT molecular complexity index is 627. The molecule has 4 nitrogen and oxygen atoms in total. The summed E-state index contributed by atoms with van der Waals surface area (Å²) in [7, 11) is 1.54. The quantitative estimate of drug-likeness (QED) is 0.830. The topological polar surface area (TPSA) is 64.3 Å². The molecule has 0 bridgehead atoms. The Kier molecular flexibility index (Phi) is 4.77. The van der Waals surface area contributed by atoms with Crippen LogP contribution in [0.3, 0.4) is 0 Å². The lowest BCUT2D eigenvalue weighted by Gasteiger charge is -2.09. The molecule has 0 radical (unpaired) electrons. The van der Waals surface area contributed by atoms with Crippen LogP contribution in [0.15, 0.2) is 42.5 Å². The molecule has 21 heavy (non-hydrogen) atoms. The highest BCUT2D eigenvalue weighted by Crippen LogP contribution is 2.19. The Morgan fingerprint density at radius 1 is 1.24 bits per heavy atom. The van der Waals surface area contributed by atoms with Gasteiger partial charge >= 0.3 is 0 Å². The van der Waals surface area contributed by atoms with Crippen LogP contribution in [0.4, 0.5) is 10.1 Å². The summed E-state index contributed by atoms with van der Waals surface area (Å²) in [6.45, 7) is 0.454. The molecule has 0 saturated carbocycles. The molecule has 1 amide bonds. The molecule has 2 rings (SSSR count).